The molecule has 0 atom stereocenters. The molecule has 0 radical (unpaired) electrons. The number of fused-ring (bicyclic) bond motifs is 8. The SMILES string of the molecule is c1ccc2c(c1)cn1c3cccnc3n3cccc3c21. The standard InChI is InChI=1S/C17H11N3/c1-2-6-13-12(5-1)11-20-15-7-3-9-18-17(15)19-10-4-8-14(19)16(13)20/h1-11H. The van der Waals surface area contributed by atoms with Gasteiger partial charge in [-0.2, -0.15) is 0 Å². The van der Waals surface area contributed by atoms with Gasteiger partial charge in [-0.1, -0.05) is 24.3 Å². The highest BCUT2D eigenvalue weighted by Gasteiger charge is 2.11. The number of aromatic nitrogens is 3. The summed E-state index contributed by atoms with van der Waals surface area (Å²) in [4.78, 5) is 4.54. The number of hydrogen-bond acceptors (Lipinski definition) is 1. The van der Waals surface area contributed by atoms with E-state index in [-0.39, 0.29) is 0 Å². The van der Waals surface area contributed by atoms with E-state index in [9.17, 15) is 0 Å². The molecule has 5 rings (SSSR count). The molecule has 4 aromatic heterocycles. The van der Waals surface area contributed by atoms with Crippen molar-refractivity contribution in [2.45, 2.75) is 0 Å². The molecular formula is C17H11N3. The summed E-state index contributed by atoms with van der Waals surface area (Å²) in [6.45, 7) is 0. The third-order valence-electron chi connectivity index (χ3n) is 3.97. The Morgan fingerprint density at radius 2 is 1.70 bits per heavy atom. The average Bonchev–Trinajstić information content (AvgIpc) is 3.11. The van der Waals surface area contributed by atoms with E-state index in [2.05, 4.69) is 68.6 Å². The molecule has 0 bridgehead atoms. The van der Waals surface area contributed by atoms with Crippen LogP contribution in [0, 0.1) is 0 Å². The first kappa shape index (κ1) is 10.0. The smallest absolute Gasteiger partial charge is 0.161 e. The van der Waals surface area contributed by atoms with Crippen molar-refractivity contribution in [2.75, 3.05) is 0 Å². The lowest BCUT2D eigenvalue weighted by molar-refractivity contribution is 1.15. The normalized spacial score (nSPS) is 12.0. The summed E-state index contributed by atoms with van der Waals surface area (Å²) in [5.41, 5.74) is 4.55. The number of nitrogens with zero attached hydrogens (tertiary/aromatic N) is 3. The zero-order valence-electron chi connectivity index (χ0n) is 10.7. The first-order valence-electron chi connectivity index (χ1n) is 6.67. The zero-order chi connectivity index (χ0) is 13.1. The minimum Gasteiger partial charge on any atom is -0.311 e. The molecule has 20 heavy (non-hydrogen) atoms. The number of pyridine rings is 1. The van der Waals surface area contributed by atoms with Gasteiger partial charge in [0.15, 0.2) is 5.65 Å². The van der Waals surface area contributed by atoms with Crippen LogP contribution in [-0.2, 0) is 0 Å². The molecular weight excluding hydrogens is 246 g/mol. The van der Waals surface area contributed by atoms with Crippen molar-refractivity contribution < 1.29 is 0 Å². The van der Waals surface area contributed by atoms with Crippen LogP contribution in [0.15, 0.2) is 67.1 Å². The molecule has 0 saturated heterocycles. The first-order valence-corrected chi connectivity index (χ1v) is 6.67. The monoisotopic (exact) mass is 257 g/mol. The van der Waals surface area contributed by atoms with E-state index in [1.54, 1.807) is 0 Å². The van der Waals surface area contributed by atoms with Crippen molar-refractivity contribution in [3.05, 3.63) is 67.1 Å². The minimum absolute atomic E-state index is 0.986. The summed E-state index contributed by atoms with van der Waals surface area (Å²) in [5.74, 6) is 0. The fourth-order valence-corrected chi connectivity index (χ4v) is 3.13. The van der Waals surface area contributed by atoms with Crippen LogP contribution in [-0.4, -0.2) is 13.8 Å². The van der Waals surface area contributed by atoms with Gasteiger partial charge in [0, 0.05) is 29.4 Å². The molecule has 0 saturated carbocycles. The average molecular weight is 257 g/mol. The Labute approximate surface area is 114 Å². The van der Waals surface area contributed by atoms with Gasteiger partial charge in [0.1, 0.15) is 0 Å². The molecule has 94 valence electrons. The topological polar surface area (TPSA) is 21.7 Å². The lowest BCUT2D eigenvalue weighted by atomic mass is 10.2. The second-order valence-corrected chi connectivity index (χ2v) is 5.04. The van der Waals surface area contributed by atoms with E-state index in [0.717, 1.165) is 11.2 Å². The predicted molar refractivity (Wildman–Crippen MR) is 81.2 cm³/mol. The summed E-state index contributed by atoms with van der Waals surface area (Å²) in [7, 11) is 0. The van der Waals surface area contributed by atoms with E-state index in [1.165, 1.54) is 21.8 Å². The Balaban J connectivity index is 2.26. The molecule has 0 aliphatic carbocycles. The van der Waals surface area contributed by atoms with E-state index in [1.807, 2.05) is 12.3 Å². The van der Waals surface area contributed by atoms with Crippen molar-refractivity contribution >= 4 is 33.0 Å². The first-order chi connectivity index (χ1) is 9.93. The van der Waals surface area contributed by atoms with Crippen LogP contribution in [0.2, 0.25) is 0 Å². The van der Waals surface area contributed by atoms with Crippen LogP contribution < -0.4 is 0 Å². The second-order valence-electron chi connectivity index (χ2n) is 5.04. The van der Waals surface area contributed by atoms with Crippen LogP contribution in [0.1, 0.15) is 0 Å². The Morgan fingerprint density at radius 1 is 0.800 bits per heavy atom. The molecule has 3 nitrogen and oxygen atoms in total. The predicted octanol–water partition coefficient (Wildman–Crippen LogP) is 3.89. The van der Waals surface area contributed by atoms with Crippen molar-refractivity contribution in [1.82, 2.24) is 13.8 Å². The van der Waals surface area contributed by atoms with Gasteiger partial charge in [-0.25, -0.2) is 4.98 Å². The molecule has 4 heterocycles. The van der Waals surface area contributed by atoms with E-state index in [4.69, 9.17) is 0 Å². The Kier molecular flexibility index (Phi) is 1.70. The van der Waals surface area contributed by atoms with Gasteiger partial charge in [0.2, 0.25) is 0 Å². The summed E-state index contributed by atoms with van der Waals surface area (Å²) in [6, 6.07) is 16.8. The minimum atomic E-state index is 0.986. The molecule has 5 aromatic rings. The third kappa shape index (κ3) is 1.08. The number of benzene rings is 1. The van der Waals surface area contributed by atoms with Crippen molar-refractivity contribution in [2.24, 2.45) is 0 Å². The summed E-state index contributed by atoms with van der Waals surface area (Å²) < 4.78 is 4.42. The third-order valence-corrected chi connectivity index (χ3v) is 3.97. The van der Waals surface area contributed by atoms with Gasteiger partial charge >= 0.3 is 0 Å². The van der Waals surface area contributed by atoms with E-state index >= 15 is 0 Å². The quantitative estimate of drug-likeness (QED) is 0.412. The summed E-state index contributed by atoms with van der Waals surface area (Å²) in [6.07, 6.45) is 6.12. The van der Waals surface area contributed by atoms with Crippen LogP contribution in [0.5, 0.6) is 0 Å². The van der Waals surface area contributed by atoms with Gasteiger partial charge < -0.3 is 4.40 Å². The zero-order valence-corrected chi connectivity index (χ0v) is 10.7. The van der Waals surface area contributed by atoms with Crippen LogP contribution in [0.4, 0.5) is 0 Å². The molecule has 0 aliphatic heterocycles. The Hall–Kier alpha value is -2.81. The fraction of sp³-hybridized carbons (Fsp3) is 0. The van der Waals surface area contributed by atoms with Gasteiger partial charge in [-0.05, 0) is 24.3 Å². The molecule has 0 aliphatic rings. The maximum Gasteiger partial charge on any atom is 0.161 e. The number of rotatable bonds is 0. The van der Waals surface area contributed by atoms with Crippen molar-refractivity contribution in [1.29, 1.82) is 0 Å². The second kappa shape index (κ2) is 3.39. The Morgan fingerprint density at radius 3 is 2.70 bits per heavy atom. The summed E-state index contributed by atoms with van der Waals surface area (Å²) >= 11 is 0. The van der Waals surface area contributed by atoms with E-state index < -0.39 is 0 Å². The van der Waals surface area contributed by atoms with Gasteiger partial charge in [0.05, 0.1) is 16.6 Å². The molecule has 0 fully saturated rings. The molecule has 3 heteroatoms. The van der Waals surface area contributed by atoms with Gasteiger partial charge in [0.25, 0.3) is 0 Å². The van der Waals surface area contributed by atoms with Gasteiger partial charge in [-0.3, -0.25) is 4.40 Å². The van der Waals surface area contributed by atoms with Gasteiger partial charge in [-0.15, -0.1) is 0 Å². The largest absolute Gasteiger partial charge is 0.311 e. The molecule has 0 N–H and O–H groups in total. The van der Waals surface area contributed by atoms with Crippen LogP contribution in [0.3, 0.4) is 0 Å². The lowest BCUT2D eigenvalue weighted by Crippen LogP contribution is -1.96. The Bertz CT molecular complexity index is 1100. The maximum atomic E-state index is 4.54. The molecule has 1 aromatic carbocycles. The molecule has 0 amide bonds. The maximum absolute atomic E-state index is 4.54. The highest BCUT2D eigenvalue weighted by atomic mass is 15.0. The van der Waals surface area contributed by atoms with Crippen molar-refractivity contribution in [3.8, 4) is 0 Å². The summed E-state index contributed by atoms with van der Waals surface area (Å²) in [5, 5.41) is 2.54. The molecule has 0 unspecified atom stereocenters. The molecule has 0 spiro atoms. The highest BCUT2D eigenvalue weighted by molar-refractivity contribution is 6.07. The lowest BCUT2D eigenvalue weighted by Gasteiger charge is -2.06. The van der Waals surface area contributed by atoms with Crippen molar-refractivity contribution in [3.63, 3.8) is 0 Å². The van der Waals surface area contributed by atoms with E-state index in [0.29, 0.717) is 0 Å². The van der Waals surface area contributed by atoms with Crippen LogP contribution >= 0.6 is 0 Å². The van der Waals surface area contributed by atoms with Crippen LogP contribution in [0.25, 0.3) is 33.0 Å². The highest BCUT2D eigenvalue weighted by Crippen LogP contribution is 2.29. The number of hydrogen-bond donors (Lipinski definition) is 0. The fourth-order valence-electron chi connectivity index (χ4n) is 3.13.